The maximum absolute atomic E-state index is 13.0. The molecule has 6 heteroatoms. The highest BCUT2D eigenvalue weighted by atomic mass is 16.4. The van der Waals surface area contributed by atoms with E-state index in [1.54, 1.807) is 24.3 Å². The van der Waals surface area contributed by atoms with Gasteiger partial charge >= 0.3 is 5.97 Å². The van der Waals surface area contributed by atoms with Gasteiger partial charge in [0.15, 0.2) is 0 Å². The lowest BCUT2D eigenvalue weighted by molar-refractivity contribution is -0.138. The second-order valence-corrected chi connectivity index (χ2v) is 7.41. The highest BCUT2D eigenvalue weighted by Crippen LogP contribution is 2.38. The largest absolute Gasteiger partial charge is 0.480 e. The summed E-state index contributed by atoms with van der Waals surface area (Å²) in [6.07, 6.45) is 2.73. The van der Waals surface area contributed by atoms with Crippen LogP contribution in [-0.4, -0.2) is 28.9 Å². The molecule has 146 valence electrons. The van der Waals surface area contributed by atoms with Gasteiger partial charge in [-0.1, -0.05) is 24.3 Å². The average molecular weight is 380 g/mol. The number of carboxylic acid groups (broad SMARTS) is 1. The van der Waals surface area contributed by atoms with Crippen LogP contribution in [0.2, 0.25) is 0 Å². The molecule has 1 aliphatic rings. The van der Waals surface area contributed by atoms with E-state index in [0.29, 0.717) is 11.3 Å². The quantitative estimate of drug-likeness (QED) is 0.743. The molecule has 2 atom stereocenters. The average Bonchev–Trinajstić information content (AvgIpc) is 2.68. The normalized spacial score (nSPS) is 19.2. The van der Waals surface area contributed by atoms with Crippen molar-refractivity contribution < 1.29 is 19.5 Å². The number of benzene rings is 2. The zero-order valence-corrected chi connectivity index (χ0v) is 16.0. The molecular formula is C22H24N2O4. The first-order valence-corrected chi connectivity index (χ1v) is 9.35. The summed E-state index contributed by atoms with van der Waals surface area (Å²) in [5.74, 6) is -1.64. The number of carbonyl (C=O) groups is 3. The maximum atomic E-state index is 13.0. The summed E-state index contributed by atoms with van der Waals surface area (Å²) in [5.41, 5.74) is 2.61. The van der Waals surface area contributed by atoms with Gasteiger partial charge in [-0.3, -0.25) is 14.4 Å². The van der Waals surface area contributed by atoms with E-state index in [1.165, 1.54) is 12.5 Å². The standard InChI is InChI=1S/C22H24N2O4/c1-14(20(26)27)23-19(25)16-9-11-17(12-10-16)24-21(28)22(2)13-5-7-15-6-3-4-8-18(15)22/h3-4,6,8-12,14H,5,7,13H2,1-2H3,(H,23,25)(H,24,28)(H,26,27). The fraction of sp³-hybridized carbons (Fsp3) is 0.318. The molecule has 3 rings (SSSR count). The lowest BCUT2D eigenvalue weighted by Crippen LogP contribution is -2.40. The molecule has 1 aliphatic carbocycles. The van der Waals surface area contributed by atoms with Crippen molar-refractivity contribution in [3.8, 4) is 0 Å². The molecule has 28 heavy (non-hydrogen) atoms. The molecule has 0 fully saturated rings. The van der Waals surface area contributed by atoms with Crippen molar-refractivity contribution in [2.45, 2.75) is 44.6 Å². The molecule has 0 aromatic heterocycles. The van der Waals surface area contributed by atoms with E-state index in [9.17, 15) is 14.4 Å². The molecule has 3 N–H and O–H groups in total. The van der Waals surface area contributed by atoms with Crippen molar-refractivity contribution in [1.82, 2.24) is 5.32 Å². The Morgan fingerprint density at radius 2 is 1.75 bits per heavy atom. The Labute approximate surface area is 164 Å². The summed E-state index contributed by atoms with van der Waals surface area (Å²) in [6.45, 7) is 3.37. The second-order valence-electron chi connectivity index (χ2n) is 7.41. The number of fused-ring (bicyclic) bond motifs is 1. The zero-order chi connectivity index (χ0) is 20.3. The summed E-state index contributed by atoms with van der Waals surface area (Å²) in [7, 11) is 0. The Bertz CT molecular complexity index is 907. The van der Waals surface area contributed by atoms with Gasteiger partial charge in [0, 0.05) is 11.3 Å². The van der Waals surface area contributed by atoms with Gasteiger partial charge in [0.05, 0.1) is 5.41 Å². The van der Waals surface area contributed by atoms with Crippen LogP contribution in [0.1, 0.15) is 48.2 Å². The molecule has 0 heterocycles. The molecule has 0 bridgehead atoms. The van der Waals surface area contributed by atoms with Crippen LogP contribution in [0.25, 0.3) is 0 Å². The topological polar surface area (TPSA) is 95.5 Å². The number of rotatable bonds is 5. The summed E-state index contributed by atoms with van der Waals surface area (Å²) < 4.78 is 0. The van der Waals surface area contributed by atoms with Crippen molar-refractivity contribution >= 4 is 23.5 Å². The summed E-state index contributed by atoms with van der Waals surface area (Å²) in [5, 5.41) is 14.2. The number of aliphatic carboxylic acids is 1. The van der Waals surface area contributed by atoms with Crippen LogP contribution in [-0.2, 0) is 21.4 Å². The molecule has 6 nitrogen and oxygen atoms in total. The van der Waals surface area contributed by atoms with Crippen LogP contribution in [0, 0.1) is 0 Å². The first kappa shape index (κ1) is 19.6. The van der Waals surface area contributed by atoms with E-state index >= 15 is 0 Å². The Balaban J connectivity index is 1.72. The predicted molar refractivity (Wildman–Crippen MR) is 106 cm³/mol. The third kappa shape index (κ3) is 3.91. The Kier molecular flexibility index (Phi) is 5.49. The van der Waals surface area contributed by atoms with Gasteiger partial charge in [0.25, 0.3) is 5.91 Å². The summed E-state index contributed by atoms with van der Waals surface area (Å²) in [6, 6.07) is 13.5. The van der Waals surface area contributed by atoms with Crippen LogP contribution in [0.5, 0.6) is 0 Å². The van der Waals surface area contributed by atoms with E-state index in [1.807, 2.05) is 25.1 Å². The summed E-state index contributed by atoms with van der Waals surface area (Å²) in [4.78, 5) is 35.9. The highest BCUT2D eigenvalue weighted by molar-refractivity contribution is 6.00. The molecule has 0 saturated carbocycles. The van der Waals surface area contributed by atoms with Gasteiger partial charge in [0.2, 0.25) is 5.91 Å². The van der Waals surface area contributed by atoms with E-state index in [4.69, 9.17) is 5.11 Å². The third-order valence-electron chi connectivity index (χ3n) is 5.36. The maximum Gasteiger partial charge on any atom is 0.325 e. The van der Waals surface area contributed by atoms with Crippen molar-refractivity contribution in [2.75, 3.05) is 5.32 Å². The first-order chi connectivity index (χ1) is 13.3. The molecule has 2 amide bonds. The van der Waals surface area contributed by atoms with E-state index in [2.05, 4.69) is 16.7 Å². The van der Waals surface area contributed by atoms with Crippen molar-refractivity contribution in [1.29, 1.82) is 0 Å². The number of aryl methyl sites for hydroxylation is 1. The monoisotopic (exact) mass is 380 g/mol. The predicted octanol–water partition coefficient (Wildman–Crippen LogP) is 3.12. The number of hydrogen-bond acceptors (Lipinski definition) is 3. The van der Waals surface area contributed by atoms with Gasteiger partial charge in [-0.15, -0.1) is 0 Å². The second kappa shape index (κ2) is 7.84. The Morgan fingerprint density at radius 1 is 1.07 bits per heavy atom. The van der Waals surface area contributed by atoms with Crippen molar-refractivity contribution in [2.24, 2.45) is 0 Å². The lowest BCUT2D eigenvalue weighted by Gasteiger charge is -2.34. The molecule has 0 radical (unpaired) electrons. The minimum atomic E-state index is -1.10. The highest BCUT2D eigenvalue weighted by Gasteiger charge is 2.38. The minimum absolute atomic E-state index is 0.0728. The van der Waals surface area contributed by atoms with Crippen LogP contribution >= 0.6 is 0 Å². The Hall–Kier alpha value is -3.15. The van der Waals surface area contributed by atoms with E-state index in [0.717, 1.165) is 24.8 Å². The van der Waals surface area contributed by atoms with Crippen LogP contribution in [0.3, 0.4) is 0 Å². The number of carbonyl (C=O) groups excluding carboxylic acids is 2. The molecule has 0 aliphatic heterocycles. The van der Waals surface area contributed by atoms with Crippen LogP contribution in [0.4, 0.5) is 5.69 Å². The van der Waals surface area contributed by atoms with Gasteiger partial charge < -0.3 is 15.7 Å². The van der Waals surface area contributed by atoms with Gasteiger partial charge in [-0.2, -0.15) is 0 Å². The SMILES string of the molecule is CC(NC(=O)c1ccc(NC(=O)C2(C)CCCc3ccccc32)cc1)C(=O)O. The first-order valence-electron chi connectivity index (χ1n) is 9.35. The zero-order valence-electron chi connectivity index (χ0n) is 16.0. The fourth-order valence-electron chi connectivity index (χ4n) is 3.60. The van der Waals surface area contributed by atoms with Crippen LogP contribution < -0.4 is 10.6 Å². The number of anilines is 1. The Morgan fingerprint density at radius 3 is 2.43 bits per heavy atom. The molecule has 0 spiro atoms. The molecule has 0 saturated heterocycles. The molecule has 2 aromatic carbocycles. The number of hydrogen-bond donors (Lipinski definition) is 3. The van der Waals surface area contributed by atoms with Gasteiger partial charge in [-0.05, 0) is 68.5 Å². The smallest absolute Gasteiger partial charge is 0.325 e. The fourth-order valence-corrected chi connectivity index (χ4v) is 3.60. The van der Waals surface area contributed by atoms with E-state index < -0.39 is 23.3 Å². The van der Waals surface area contributed by atoms with Gasteiger partial charge in [-0.25, -0.2) is 0 Å². The molecule has 2 unspecified atom stereocenters. The minimum Gasteiger partial charge on any atom is -0.480 e. The van der Waals surface area contributed by atoms with E-state index in [-0.39, 0.29) is 5.91 Å². The molecule has 2 aromatic rings. The lowest BCUT2D eigenvalue weighted by atomic mass is 9.70. The van der Waals surface area contributed by atoms with Crippen molar-refractivity contribution in [3.05, 3.63) is 65.2 Å². The third-order valence-corrected chi connectivity index (χ3v) is 5.36. The summed E-state index contributed by atoms with van der Waals surface area (Å²) >= 11 is 0. The van der Waals surface area contributed by atoms with Gasteiger partial charge in [0.1, 0.15) is 6.04 Å². The van der Waals surface area contributed by atoms with Crippen LogP contribution in [0.15, 0.2) is 48.5 Å². The number of nitrogens with one attached hydrogen (secondary N) is 2. The number of amides is 2. The number of carboxylic acids is 1. The van der Waals surface area contributed by atoms with Crippen molar-refractivity contribution in [3.63, 3.8) is 0 Å². The molecular weight excluding hydrogens is 356 g/mol.